The summed E-state index contributed by atoms with van der Waals surface area (Å²) >= 11 is 2.85. The van der Waals surface area contributed by atoms with Crippen LogP contribution in [0.3, 0.4) is 0 Å². The van der Waals surface area contributed by atoms with E-state index in [9.17, 15) is 17.6 Å². The molecule has 1 aromatic rings. The number of halogens is 2. The average molecular weight is 341 g/mol. The largest absolute Gasteiger partial charge is 0.468 e. The smallest absolute Gasteiger partial charge is 0.320 e. The van der Waals surface area contributed by atoms with Crippen LogP contribution in [-0.2, 0) is 19.6 Å². The Labute approximate surface area is 111 Å². The molecule has 3 N–H and O–H groups in total. The number of ether oxygens (including phenoxy) is 1. The molecule has 1 aromatic carbocycles. The Kier molecular flexibility index (Phi) is 4.65. The number of carbonyl (C=O) groups is 1. The molecule has 0 bridgehead atoms. The van der Waals surface area contributed by atoms with Crippen LogP contribution in [0, 0.1) is 5.82 Å². The Balaban J connectivity index is 3.06. The highest BCUT2D eigenvalue weighted by molar-refractivity contribution is 9.10. The van der Waals surface area contributed by atoms with Gasteiger partial charge in [-0.05, 0) is 28.1 Å². The van der Waals surface area contributed by atoms with Crippen molar-refractivity contribution in [2.24, 2.45) is 0 Å². The zero-order valence-electron chi connectivity index (χ0n) is 9.24. The van der Waals surface area contributed by atoms with Gasteiger partial charge in [0.2, 0.25) is 10.0 Å². The van der Waals surface area contributed by atoms with Crippen molar-refractivity contribution in [2.75, 3.05) is 19.4 Å². The first-order valence-electron chi connectivity index (χ1n) is 4.59. The first-order chi connectivity index (χ1) is 8.27. The van der Waals surface area contributed by atoms with E-state index in [4.69, 9.17) is 5.73 Å². The number of methoxy groups -OCH3 is 1. The second-order valence-electron chi connectivity index (χ2n) is 3.20. The van der Waals surface area contributed by atoms with E-state index in [0.29, 0.717) is 0 Å². The number of hydrogen-bond acceptors (Lipinski definition) is 5. The van der Waals surface area contributed by atoms with Crippen LogP contribution < -0.4 is 10.5 Å². The van der Waals surface area contributed by atoms with Gasteiger partial charge in [0.05, 0.1) is 17.3 Å². The molecule has 0 unspecified atom stereocenters. The van der Waals surface area contributed by atoms with E-state index in [1.165, 1.54) is 0 Å². The highest BCUT2D eigenvalue weighted by Gasteiger charge is 2.20. The monoisotopic (exact) mass is 340 g/mol. The lowest BCUT2D eigenvalue weighted by Gasteiger charge is -2.09. The molecular weight excluding hydrogens is 331 g/mol. The number of hydrogen-bond donors (Lipinski definition) is 2. The van der Waals surface area contributed by atoms with Gasteiger partial charge in [-0.25, -0.2) is 12.8 Å². The summed E-state index contributed by atoms with van der Waals surface area (Å²) in [5.41, 5.74) is 5.16. The van der Waals surface area contributed by atoms with Crippen molar-refractivity contribution in [2.45, 2.75) is 4.90 Å². The molecule has 0 aliphatic carbocycles. The van der Waals surface area contributed by atoms with Crippen LogP contribution in [0.4, 0.5) is 10.1 Å². The summed E-state index contributed by atoms with van der Waals surface area (Å²) in [6, 6.07) is 1.89. The quantitative estimate of drug-likeness (QED) is 0.618. The van der Waals surface area contributed by atoms with Gasteiger partial charge < -0.3 is 10.5 Å². The predicted octanol–water partition coefficient (Wildman–Crippen LogP) is 0.622. The average Bonchev–Trinajstić information content (AvgIpc) is 2.30. The maximum absolute atomic E-state index is 13.1. The molecule has 0 heterocycles. The SMILES string of the molecule is COC(=O)CNS(=O)(=O)c1cc(Br)c(F)cc1N. The van der Waals surface area contributed by atoms with Crippen molar-refractivity contribution in [3.63, 3.8) is 0 Å². The number of nitrogens with one attached hydrogen (secondary N) is 1. The Bertz CT molecular complexity index is 576. The fraction of sp³-hybridized carbons (Fsp3) is 0.222. The number of carbonyl (C=O) groups excluding carboxylic acids is 1. The highest BCUT2D eigenvalue weighted by atomic mass is 79.9. The van der Waals surface area contributed by atoms with Crippen molar-refractivity contribution >= 4 is 37.6 Å². The lowest BCUT2D eigenvalue weighted by molar-refractivity contribution is -0.139. The Morgan fingerprint density at radius 1 is 1.56 bits per heavy atom. The summed E-state index contributed by atoms with van der Waals surface area (Å²) in [7, 11) is -2.88. The molecule has 0 aromatic heterocycles. The predicted molar refractivity (Wildman–Crippen MR) is 65.7 cm³/mol. The number of rotatable bonds is 4. The van der Waals surface area contributed by atoms with Gasteiger partial charge in [0.15, 0.2) is 0 Å². The van der Waals surface area contributed by atoms with Crippen molar-refractivity contribution in [1.29, 1.82) is 0 Å². The van der Waals surface area contributed by atoms with Crippen LogP contribution in [0.25, 0.3) is 0 Å². The standard InChI is InChI=1S/C9H10BrFN2O4S/c1-17-9(14)4-13-18(15,16)8-2-5(10)6(11)3-7(8)12/h2-3,13H,4,12H2,1H3. The molecule has 0 saturated heterocycles. The molecule has 0 aliphatic rings. The summed E-state index contributed by atoms with van der Waals surface area (Å²) in [5, 5.41) is 0. The van der Waals surface area contributed by atoms with Crippen LogP contribution in [0.15, 0.2) is 21.5 Å². The third-order valence-corrected chi connectivity index (χ3v) is 4.04. The molecule has 0 fully saturated rings. The van der Waals surface area contributed by atoms with Gasteiger partial charge in [-0.15, -0.1) is 0 Å². The summed E-state index contributed by atoms with van der Waals surface area (Å²) in [4.78, 5) is 10.5. The van der Waals surface area contributed by atoms with Crippen molar-refractivity contribution in [1.82, 2.24) is 4.72 Å². The van der Waals surface area contributed by atoms with E-state index in [1.54, 1.807) is 0 Å². The van der Waals surface area contributed by atoms with E-state index >= 15 is 0 Å². The fourth-order valence-electron chi connectivity index (χ4n) is 1.08. The lowest BCUT2D eigenvalue weighted by Crippen LogP contribution is -2.30. The molecule has 0 amide bonds. The van der Waals surface area contributed by atoms with Crippen molar-refractivity contribution in [3.8, 4) is 0 Å². The summed E-state index contributed by atoms with van der Waals surface area (Å²) in [6.07, 6.45) is 0. The van der Waals surface area contributed by atoms with Crippen LogP contribution in [0.2, 0.25) is 0 Å². The van der Waals surface area contributed by atoms with Gasteiger partial charge in [-0.2, -0.15) is 4.72 Å². The van der Waals surface area contributed by atoms with Crippen molar-refractivity contribution in [3.05, 3.63) is 22.4 Å². The maximum Gasteiger partial charge on any atom is 0.320 e. The third kappa shape index (κ3) is 3.40. The van der Waals surface area contributed by atoms with E-state index < -0.39 is 28.4 Å². The second-order valence-corrected chi connectivity index (χ2v) is 5.79. The first-order valence-corrected chi connectivity index (χ1v) is 6.86. The molecule has 0 aliphatic heterocycles. The zero-order valence-corrected chi connectivity index (χ0v) is 11.6. The Morgan fingerprint density at radius 3 is 2.72 bits per heavy atom. The van der Waals surface area contributed by atoms with Crippen molar-refractivity contribution < 1.29 is 22.3 Å². The van der Waals surface area contributed by atoms with E-state index in [2.05, 4.69) is 20.7 Å². The lowest BCUT2D eigenvalue weighted by atomic mass is 10.3. The fourth-order valence-corrected chi connectivity index (χ4v) is 2.68. The summed E-state index contributed by atoms with van der Waals surface area (Å²) in [5.74, 6) is -1.43. The first kappa shape index (κ1) is 14.9. The Morgan fingerprint density at radius 2 is 2.17 bits per heavy atom. The Hall–Kier alpha value is -1.19. The minimum absolute atomic E-state index is 0.0462. The molecule has 6 nitrogen and oxygen atoms in total. The maximum atomic E-state index is 13.1. The van der Waals surface area contributed by atoms with Gasteiger partial charge in [0.25, 0.3) is 0 Å². The molecule has 18 heavy (non-hydrogen) atoms. The topological polar surface area (TPSA) is 98.5 Å². The molecule has 9 heteroatoms. The van der Waals surface area contributed by atoms with Crippen LogP contribution in [0.1, 0.15) is 0 Å². The minimum Gasteiger partial charge on any atom is -0.468 e. The second kappa shape index (κ2) is 5.63. The van der Waals surface area contributed by atoms with E-state index in [0.717, 1.165) is 19.2 Å². The van der Waals surface area contributed by atoms with Gasteiger partial charge in [-0.3, -0.25) is 4.79 Å². The molecular formula is C9H10BrFN2O4S. The molecule has 0 atom stereocenters. The van der Waals surface area contributed by atoms with Crippen LogP contribution >= 0.6 is 15.9 Å². The molecule has 0 saturated carbocycles. The molecule has 100 valence electrons. The number of esters is 1. The normalized spacial score (nSPS) is 11.3. The number of anilines is 1. The molecule has 0 radical (unpaired) electrons. The van der Waals surface area contributed by atoms with Gasteiger partial charge in [0.1, 0.15) is 17.3 Å². The van der Waals surface area contributed by atoms with Gasteiger partial charge >= 0.3 is 5.97 Å². The van der Waals surface area contributed by atoms with E-state index in [1.807, 2.05) is 4.72 Å². The number of nitrogens with two attached hydrogens (primary N) is 1. The minimum atomic E-state index is -4.01. The van der Waals surface area contributed by atoms with Gasteiger partial charge in [0, 0.05) is 0 Å². The number of benzene rings is 1. The molecule has 0 spiro atoms. The zero-order chi connectivity index (χ0) is 13.9. The van der Waals surface area contributed by atoms with Crippen LogP contribution in [-0.4, -0.2) is 28.0 Å². The number of sulfonamides is 1. The van der Waals surface area contributed by atoms with Gasteiger partial charge in [-0.1, -0.05) is 0 Å². The van der Waals surface area contributed by atoms with E-state index in [-0.39, 0.29) is 15.1 Å². The molecule has 1 rings (SSSR count). The third-order valence-electron chi connectivity index (χ3n) is 1.98. The number of nitrogen functional groups attached to an aromatic ring is 1. The summed E-state index contributed by atoms with van der Waals surface area (Å²) < 4.78 is 42.9. The highest BCUT2D eigenvalue weighted by Crippen LogP contribution is 2.25. The van der Waals surface area contributed by atoms with Crippen LogP contribution in [0.5, 0.6) is 0 Å². The summed E-state index contributed by atoms with van der Waals surface area (Å²) in [6.45, 7) is -0.534.